The summed E-state index contributed by atoms with van der Waals surface area (Å²) in [4.78, 5) is 0. The maximum atomic E-state index is 5.10. The molecule has 2 aliphatic rings. The van der Waals surface area contributed by atoms with Gasteiger partial charge in [-0.05, 0) is 36.5 Å². The zero-order chi connectivity index (χ0) is 7.52. The largest absolute Gasteiger partial charge is 0.497 e. The van der Waals surface area contributed by atoms with Crippen molar-refractivity contribution in [1.82, 2.24) is 0 Å². The molecule has 1 aliphatic heterocycles. The average molecular weight is 150 g/mol. The SMILES string of the molecule is C1=CC(C2CCCC2)=CCO1. The summed E-state index contributed by atoms with van der Waals surface area (Å²) in [5.41, 5.74) is 1.51. The highest BCUT2D eigenvalue weighted by Gasteiger charge is 2.18. The van der Waals surface area contributed by atoms with Crippen LogP contribution in [0.4, 0.5) is 0 Å². The molecular weight excluding hydrogens is 136 g/mol. The molecule has 1 fully saturated rings. The second-order valence-corrected chi connectivity index (χ2v) is 3.32. The summed E-state index contributed by atoms with van der Waals surface area (Å²) in [6.45, 7) is 0.780. The van der Waals surface area contributed by atoms with E-state index >= 15 is 0 Å². The zero-order valence-corrected chi connectivity index (χ0v) is 6.75. The number of hydrogen-bond acceptors (Lipinski definition) is 1. The van der Waals surface area contributed by atoms with Gasteiger partial charge in [0.15, 0.2) is 0 Å². The number of allylic oxidation sites excluding steroid dienone is 2. The van der Waals surface area contributed by atoms with Crippen LogP contribution < -0.4 is 0 Å². The van der Waals surface area contributed by atoms with Crippen molar-refractivity contribution in [2.24, 2.45) is 5.92 Å². The number of hydrogen-bond donors (Lipinski definition) is 0. The molecular formula is C10H14O. The van der Waals surface area contributed by atoms with Gasteiger partial charge in [-0.1, -0.05) is 12.8 Å². The summed E-state index contributed by atoms with van der Waals surface area (Å²) in [5.74, 6) is 0.843. The summed E-state index contributed by atoms with van der Waals surface area (Å²) in [7, 11) is 0. The highest BCUT2D eigenvalue weighted by atomic mass is 16.5. The molecule has 0 N–H and O–H groups in total. The van der Waals surface area contributed by atoms with Gasteiger partial charge in [0, 0.05) is 0 Å². The second kappa shape index (κ2) is 3.12. The molecule has 1 heteroatoms. The van der Waals surface area contributed by atoms with Crippen LogP contribution in [-0.4, -0.2) is 6.61 Å². The molecule has 2 rings (SSSR count). The third-order valence-corrected chi connectivity index (χ3v) is 2.60. The summed E-state index contributed by atoms with van der Waals surface area (Å²) in [5, 5.41) is 0. The van der Waals surface area contributed by atoms with Crippen molar-refractivity contribution in [3.8, 4) is 0 Å². The highest BCUT2D eigenvalue weighted by Crippen LogP contribution is 2.32. The zero-order valence-electron chi connectivity index (χ0n) is 6.75. The van der Waals surface area contributed by atoms with Crippen LogP contribution in [-0.2, 0) is 4.74 Å². The van der Waals surface area contributed by atoms with Gasteiger partial charge in [0.2, 0.25) is 0 Å². The molecule has 0 aromatic heterocycles. The fraction of sp³-hybridized carbons (Fsp3) is 0.600. The van der Waals surface area contributed by atoms with Crippen LogP contribution >= 0.6 is 0 Å². The van der Waals surface area contributed by atoms with Crippen molar-refractivity contribution in [2.75, 3.05) is 6.61 Å². The van der Waals surface area contributed by atoms with Crippen molar-refractivity contribution in [1.29, 1.82) is 0 Å². The first-order chi connectivity index (χ1) is 5.47. The summed E-state index contributed by atoms with van der Waals surface area (Å²) in [6.07, 6.45) is 11.8. The van der Waals surface area contributed by atoms with Crippen LogP contribution in [0.15, 0.2) is 24.0 Å². The Morgan fingerprint density at radius 3 is 2.73 bits per heavy atom. The van der Waals surface area contributed by atoms with Crippen molar-refractivity contribution < 1.29 is 4.74 Å². The molecule has 0 amide bonds. The van der Waals surface area contributed by atoms with Crippen LogP contribution in [0.5, 0.6) is 0 Å². The Balaban J connectivity index is 2.02. The minimum atomic E-state index is 0.780. The van der Waals surface area contributed by atoms with Gasteiger partial charge in [0.25, 0.3) is 0 Å². The van der Waals surface area contributed by atoms with Crippen LogP contribution in [0.1, 0.15) is 25.7 Å². The second-order valence-electron chi connectivity index (χ2n) is 3.32. The fourth-order valence-electron chi connectivity index (χ4n) is 1.96. The molecule has 0 saturated heterocycles. The van der Waals surface area contributed by atoms with Gasteiger partial charge in [0.05, 0.1) is 6.26 Å². The molecule has 60 valence electrons. The summed E-state index contributed by atoms with van der Waals surface area (Å²) < 4.78 is 5.10. The molecule has 0 aromatic carbocycles. The van der Waals surface area contributed by atoms with Gasteiger partial charge in [-0.15, -0.1) is 0 Å². The molecule has 0 aromatic rings. The van der Waals surface area contributed by atoms with Gasteiger partial charge >= 0.3 is 0 Å². The van der Waals surface area contributed by atoms with E-state index in [1.807, 2.05) is 6.26 Å². The van der Waals surface area contributed by atoms with E-state index < -0.39 is 0 Å². The molecule has 0 bridgehead atoms. The van der Waals surface area contributed by atoms with Gasteiger partial charge in [-0.3, -0.25) is 0 Å². The predicted molar refractivity (Wildman–Crippen MR) is 45.1 cm³/mol. The Labute approximate surface area is 67.7 Å². The van der Waals surface area contributed by atoms with E-state index in [1.165, 1.54) is 31.3 Å². The van der Waals surface area contributed by atoms with E-state index in [0.717, 1.165) is 12.5 Å². The summed E-state index contributed by atoms with van der Waals surface area (Å²) >= 11 is 0. The maximum absolute atomic E-state index is 5.10. The van der Waals surface area contributed by atoms with E-state index in [4.69, 9.17) is 4.74 Å². The van der Waals surface area contributed by atoms with Gasteiger partial charge in [-0.25, -0.2) is 0 Å². The lowest BCUT2D eigenvalue weighted by Crippen LogP contribution is -2.01. The Bertz CT molecular complexity index is 185. The quantitative estimate of drug-likeness (QED) is 0.558. The molecule has 1 saturated carbocycles. The first kappa shape index (κ1) is 6.96. The lowest BCUT2D eigenvalue weighted by atomic mass is 9.97. The third-order valence-electron chi connectivity index (χ3n) is 2.60. The molecule has 0 radical (unpaired) electrons. The normalized spacial score (nSPS) is 24.9. The van der Waals surface area contributed by atoms with Gasteiger partial charge in [0.1, 0.15) is 6.61 Å². The molecule has 11 heavy (non-hydrogen) atoms. The first-order valence-electron chi connectivity index (χ1n) is 4.45. The lowest BCUT2D eigenvalue weighted by Gasteiger charge is -2.13. The number of ether oxygens (including phenoxy) is 1. The standard InChI is InChI=1S/C10H14O/c1-2-4-9(3-1)10-5-7-11-8-6-10/h5-7,9H,1-4,8H2. The Hall–Kier alpha value is -0.720. The van der Waals surface area contributed by atoms with E-state index in [1.54, 1.807) is 0 Å². The van der Waals surface area contributed by atoms with Crippen LogP contribution in [0.2, 0.25) is 0 Å². The Kier molecular flexibility index (Phi) is 1.97. The first-order valence-corrected chi connectivity index (χ1v) is 4.45. The van der Waals surface area contributed by atoms with Crippen LogP contribution in [0, 0.1) is 5.92 Å². The van der Waals surface area contributed by atoms with Crippen LogP contribution in [0.25, 0.3) is 0 Å². The minimum Gasteiger partial charge on any atom is -0.497 e. The highest BCUT2D eigenvalue weighted by molar-refractivity contribution is 5.23. The predicted octanol–water partition coefficient (Wildman–Crippen LogP) is 2.65. The minimum absolute atomic E-state index is 0.780. The molecule has 0 spiro atoms. The molecule has 0 atom stereocenters. The van der Waals surface area contributed by atoms with E-state index in [-0.39, 0.29) is 0 Å². The van der Waals surface area contributed by atoms with Crippen molar-refractivity contribution in [3.05, 3.63) is 24.0 Å². The molecule has 1 nitrogen and oxygen atoms in total. The number of rotatable bonds is 1. The van der Waals surface area contributed by atoms with E-state index in [0.29, 0.717) is 0 Å². The van der Waals surface area contributed by atoms with E-state index in [9.17, 15) is 0 Å². The lowest BCUT2D eigenvalue weighted by molar-refractivity contribution is 0.282. The van der Waals surface area contributed by atoms with Crippen molar-refractivity contribution in [2.45, 2.75) is 25.7 Å². The Morgan fingerprint density at radius 2 is 2.09 bits per heavy atom. The van der Waals surface area contributed by atoms with Gasteiger partial charge in [-0.2, -0.15) is 0 Å². The molecule has 1 aliphatic carbocycles. The monoisotopic (exact) mass is 150 g/mol. The third kappa shape index (κ3) is 1.47. The summed E-state index contributed by atoms with van der Waals surface area (Å²) in [6, 6.07) is 0. The topological polar surface area (TPSA) is 9.23 Å². The van der Waals surface area contributed by atoms with Crippen LogP contribution in [0.3, 0.4) is 0 Å². The average Bonchev–Trinajstić information content (AvgIpc) is 2.58. The van der Waals surface area contributed by atoms with Crippen molar-refractivity contribution >= 4 is 0 Å². The molecule has 0 unspecified atom stereocenters. The Morgan fingerprint density at radius 1 is 1.27 bits per heavy atom. The van der Waals surface area contributed by atoms with Crippen molar-refractivity contribution in [3.63, 3.8) is 0 Å². The molecule has 1 heterocycles. The van der Waals surface area contributed by atoms with E-state index in [2.05, 4.69) is 12.2 Å². The maximum Gasteiger partial charge on any atom is 0.106 e. The van der Waals surface area contributed by atoms with Gasteiger partial charge < -0.3 is 4.74 Å². The fourth-order valence-corrected chi connectivity index (χ4v) is 1.96. The smallest absolute Gasteiger partial charge is 0.106 e.